The molecule has 0 fully saturated rings. The lowest BCUT2D eigenvalue weighted by molar-refractivity contribution is 0.0692. The van der Waals surface area contributed by atoms with Crippen molar-refractivity contribution in [2.24, 2.45) is 0 Å². The lowest BCUT2D eigenvalue weighted by Gasteiger charge is -2.08. The number of nitriles is 1. The number of aromatic carboxylic acids is 1. The lowest BCUT2D eigenvalue weighted by Crippen LogP contribution is -2.03. The van der Waals surface area contributed by atoms with Gasteiger partial charge in [-0.25, -0.2) is 14.2 Å². The number of carboxylic acid groups (broad SMARTS) is 1. The first-order valence-corrected chi connectivity index (χ1v) is 5.54. The Bertz CT molecular complexity index is 723. The molecule has 0 unspecified atom stereocenters. The molecule has 2 rings (SSSR count). The van der Waals surface area contributed by atoms with Gasteiger partial charge in [0.25, 0.3) is 0 Å². The second-order valence-corrected chi connectivity index (χ2v) is 3.86. The number of hydrogen-bond donors (Lipinski definition) is 1. The van der Waals surface area contributed by atoms with E-state index in [1.165, 1.54) is 37.6 Å². The van der Waals surface area contributed by atoms with E-state index in [1.807, 2.05) is 0 Å². The Hall–Kier alpha value is -2.94. The molecule has 0 aliphatic carbocycles. The molecule has 1 N–H and O–H groups in total. The molecule has 0 radical (unpaired) electrons. The Balaban J connectivity index is 2.63. The van der Waals surface area contributed by atoms with Gasteiger partial charge in [0, 0.05) is 17.3 Å². The predicted octanol–water partition coefficient (Wildman–Crippen LogP) is 2.47. The van der Waals surface area contributed by atoms with E-state index in [0.717, 1.165) is 0 Å². The summed E-state index contributed by atoms with van der Waals surface area (Å²) in [5.41, 5.74) is 0.0847. The van der Waals surface area contributed by atoms with Crippen molar-refractivity contribution in [3.63, 3.8) is 0 Å². The molecule has 0 atom stereocenters. The van der Waals surface area contributed by atoms with Crippen LogP contribution in [0.25, 0.3) is 11.1 Å². The number of ether oxygens (including phenoxy) is 1. The zero-order valence-corrected chi connectivity index (χ0v) is 10.4. The number of halogens is 1. The second kappa shape index (κ2) is 5.36. The van der Waals surface area contributed by atoms with Crippen LogP contribution in [-0.4, -0.2) is 23.2 Å². The Morgan fingerprint density at radius 1 is 1.50 bits per heavy atom. The normalized spacial score (nSPS) is 9.85. The Labute approximate surface area is 113 Å². The number of rotatable bonds is 3. The van der Waals surface area contributed by atoms with Crippen LogP contribution in [0.3, 0.4) is 0 Å². The zero-order valence-electron chi connectivity index (χ0n) is 10.4. The van der Waals surface area contributed by atoms with Crippen LogP contribution in [0.1, 0.15) is 15.9 Å². The smallest absolute Gasteiger partial charge is 0.341 e. The van der Waals surface area contributed by atoms with Crippen LogP contribution in [0.4, 0.5) is 4.39 Å². The number of methoxy groups -OCH3 is 1. The number of nitrogens with zero attached hydrogens (tertiary/aromatic N) is 2. The van der Waals surface area contributed by atoms with Gasteiger partial charge in [-0.2, -0.15) is 5.26 Å². The maximum Gasteiger partial charge on any atom is 0.341 e. The largest absolute Gasteiger partial charge is 0.480 e. The summed E-state index contributed by atoms with van der Waals surface area (Å²) in [6, 6.07) is 7.29. The Morgan fingerprint density at radius 2 is 2.25 bits per heavy atom. The molecule has 0 aliphatic heterocycles. The molecule has 0 saturated heterocycles. The van der Waals surface area contributed by atoms with E-state index >= 15 is 0 Å². The lowest BCUT2D eigenvalue weighted by atomic mass is 10.0. The van der Waals surface area contributed by atoms with Crippen LogP contribution < -0.4 is 4.74 Å². The average Bonchev–Trinajstić information content (AvgIpc) is 2.46. The van der Waals surface area contributed by atoms with Gasteiger partial charge in [0.2, 0.25) is 5.88 Å². The number of benzene rings is 1. The summed E-state index contributed by atoms with van der Waals surface area (Å²) in [5.74, 6) is -2.00. The highest BCUT2D eigenvalue weighted by atomic mass is 19.1. The van der Waals surface area contributed by atoms with Crippen LogP contribution in [0, 0.1) is 17.1 Å². The van der Waals surface area contributed by atoms with Crippen molar-refractivity contribution < 1.29 is 19.0 Å². The third kappa shape index (κ3) is 2.29. The summed E-state index contributed by atoms with van der Waals surface area (Å²) in [6.45, 7) is 0. The van der Waals surface area contributed by atoms with Gasteiger partial charge in [0.05, 0.1) is 12.7 Å². The van der Waals surface area contributed by atoms with E-state index in [-0.39, 0.29) is 28.1 Å². The minimum Gasteiger partial charge on any atom is -0.480 e. The highest BCUT2D eigenvalue weighted by Crippen LogP contribution is 2.27. The maximum absolute atomic E-state index is 14.0. The molecule has 100 valence electrons. The van der Waals surface area contributed by atoms with Crippen molar-refractivity contribution in [3.05, 3.63) is 47.4 Å². The average molecular weight is 272 g/mol. The molecular formula is C14H9FN2O3. The highest BCUT2D eigenvalue weighted by molar-refractivity contribution is 5.91. The molecule has 5 nitrogen and oxygen atoms in total. The SMILES string of the molecule is COc1ncc(-c2cccc(C#N)c2F)cc1C(=O)O. The number of pyridine rings is 1. The van der Waals surface area contributed by atoms with E-state index in [0.29, 0.717) is 0 Å². The molecule has 0 bridgehead atoms. The molecular weight excluding hydrogens is 263 g/mol. The van der Waals surface area contributed by atoms with Crippen LogP contribution in [0.2, 0.25) is 0 Å². The monoisotopic (exact) mass is 272 g/mol. The molecule has 6 heteroatoms. The number of carboxylic acids is 1. The molecule has 20 heavy (non-hydrogen) atoms. The van der Waals surface area contributed by atoms with Gasteiger partial charge in [-0.1, -0.05) is 12.1 Å². The highest BCUT2D eigenvalue weighted by Gasteiger charge is 2.16. The summed E-state index contributed by atoms with van der Waals surface area (Å²) >= 11 is 0. The molecule has 2 aromatic rings. The topological polar surface area (TPSA) is 83.2 Å². The van der Waals surface area contributed by atoms with Gasteiger partial charge in [-0.05, 0) is 12.1 Å². The van der Waals surface area contributed by atoms with Crippen LogP contribution in [0.5, 0.6) is 5.88 Å². The molecule has 1 aromatic heterocycles. The van der Waals surface area contributed by atoms with Gasteiger partial charge >= 0.3 is 5.97 Å². The zero-order chi connectivity index (χ0) is 14.7. The first kappa shape index (κ1) is 13.5. The van der Waals surface area contributed by atoms with Crippen molar-refractivity contribution in [2.45, 2.75) is 0 Å². The van der Waals surface area contributed by atoms with E-state index in [2.05, 4.69) is 4.98 Å². The minimum absolute atomic E-state index is 0.0573. The number of carbonyl (C=O) groups is 1. The van der Waals surface area contributed by atoms with E-state index in [9.17, 15) is 9.18 Å². The molecule has 0 spiro atoms. The van der Waals surface area contributed by atoms with Crippen LogP contribution in [0.15, 0.2) is 30.5 Å². The summed E-state index contributed by atoms with van der Waals surface area (Å²) in [4.78, 5) is 14.9. The summed E-state index contributed by atoms with van der Waals surface area (Å²) < 4.78 is 18.9. The molecule has 0 amide bonds. The van der Waals surface area contributed by atoms with Gasteiger partial charge in [-0.15, -0.1) is 0 Å². The van der Waals surface area contributed by atoms with E-state index in [4.69, 9.17) is 15.1 Å². The molecule has 0 aliphatic rings. The fourth-order valence-electron chi connectivity index (χ4n) is 1.76. The summed E-state index contributed by atoms with van der Waals surface area (Å²) in [6.07, 6.45) is 1.30. The molecule has 1 aromatic carbocycles. The van der Waals surface area contributed by atoms with Gasteiger partial charge in [-0.3, -0.25) is 0 Å². The van der Waals surface area contributed by atoms with E-state index in [1.54, 1.807) is 6.07 Å². The minimum atomic E-state index is -1.23. The Kier molecular flexibility index (Phi) is 3.62. The summed E-state index contributed by atoms with van der Waals surface area (Å²) in [5, 5.41) is 17.9. The maximum atomic E-state index is 14.0. The second-order valence-electron chi connectivity index (χ2n) is 3.86. The Morgan fingerprint density at radius 3 is 2.85 bits per heavy atom. The molecule has 0 saturated carbocycles. The first-order chi connectivity index (χ1) is 9.58. The fourth-order valence-corrected chi connectivity index (χ4v) is 1.76. The summed E-state index contributed by atoms with van der Waals surface area (Å²) in [7, 11) is 1.30. The third-order valence-electron chi connectivity index (χ3n) is 2.71. The number of aromatic nitrogens is 1. The predicted molar refractivity (Wildman–Crippen MR) is 67.9 cm³/mol. The fraction of sp³-hybridized carbons (Fsp3) is 0.0714. The van der Waals surface area contributed by atoms with Crippen molar-refractivity contribution >= 4 is 5.97 Å². The van der Waals surface area contributed by atoms with Crippen molar-refractivity contribution in [1.29, 1.82) is 5.26 Å². The van der Waals surface area contributed by atoms with Crippen molar-refractivity contribution in [1.82, 2.24) is 4.98 Å². The molecule has 1 heterocycles. The van der Waals surface area contributed by atoms with Gasteiger partial charge < -0.3 is 9.84 Å². The van der Waals surface area contributed by atoms with Gasteiger partial charge in [0.1, 0.15) is 17.4 Å². The first-order valence-electron chi connectivity index (χ1n) is 5.54. The quantitative estimate of drug-likeness (QED) is 0.927. The van der Waals surface area contributed by atoms with Gasteiger partial charge in [0.15, 0.2) is 0 Å². The van der Waals surface area contributed by atoms with Crippen LogP contribution >= 0.6 is 0 Å². The van der Waals surface area contributed by atoms with Crippen molar-refractivity contribution in [3.8, 4) is 23.1 Å². The third-order valence-corrected chi connectivity index (χ3v) is 2.71. The van der Waals surface area contributed by atoms with E-state index < -0.39 is 11.8 Å². The standard InChI is InChI=1S/C14H9FN2O3/c1-20-13-11(14(18)19)5-9(7-17-13)10-4-2-3-8(6-16)12(10)15/h2-5,7H,1H3,(H,18,19). The van der Waals surface area contributed by atoms with Crippen molar-refractivity contribution in [2.75, 3.05) is 7.11 Å². The van der Waals surface area contributed by atoms with Crippen LogP contribution in [-0.2, 0) is 0 Å². The number of hydrogen-bond acceptors (Lipinski definition) is 4.